The molecule has 0 fully saturated rings. The molecule has 1 aromatic carbocycles. The van der Waals surface area contributed by atoms with Crippen molar-refractivity contribution in [3.63, 3.8) is 0 Å². The summed E-state index contributed by atoms with van der Waals surface area (Å²) in [6.45, 7) is 1.92. The number of amides is 1. The molecule has 3 rings (SSSR count). The second kappa shape index (κ2) is 12.5. The molecule has 3 aromatic rings. The van der Waals surface area contributed by atoms with Crippen molar-refractivity contribution in [1.82, 2.24) is 25.2 Å². The largest absolute Gasteiger partial charge is 0.495 e. The molecular formula is C16H20Cl2N6O3. The predicted molar refractivity (Wildman–Crippen MR) is 105 cm³/mol. The van der Waals surface area contributed by atoms with E-state index in [0.29, 0.717) is 5.75 Å². The number of hydrogen-bond donors (Lipinski definition) is 2. The molecule has 0 aliphatic heterocycles. The summed E-state index contributed by atoms with van der Waals surface area (Å²) in [4.78, 5) is 15.3. The van der Waals surface area contributed by atoms with E-state index in [1.165, 1.54) is 18.9 Å². The highest BCUT2D eigenvalue weighted by Gasteiger charge is 2.06. The quantitative estimate of drug-likeness (QED) is 0.290. The molecule has 0 saturated heterocycles. The first-order chi connectivity index (χ1) is 12.1. The third-order valence-corrected chi connectivity index (χ3v) is 3.05. The summed E-state index contributed by atoms with van der Waals surface area (Å²) in [5.74, 6) is 5.34. The van der Waals surface area contributed by atoms with Crippen LogP contribution in [0.2, 0.25) is 0 Å². The van der Waals surface area contributed by atoms with E-state index < -0.39 is 0 Å². The lowest BCUT2D eigenvalue weighted by molar-refractivity contribution is -0.116. The number of hydrogen-bond acceptors (Lipinski definition) is 7. The van der Waals surface area contributed by atoms with Crippen molar-refractivity contribution >= 4 is 36.8 Å². The van der Waals surface area contributed by atoms with Crippen LogP contribution in [0.3, 0.4) is 0 Å². The fraction of sp³-hybridized carbons (Fsp3) is 0.125. The highest BCUT2D eigenvalue weighted by molar-refractivity contribution is 5.91. The Kier molecular flexibility index (Phi) is 11.1. The number of halogens is 2. The van der Waals surface area contributed by atoms with Gasteiger partial charge >= 0.3 is 0 Å². The van der Waals surface area contributed by atoms with E-state index in [0.717, 1.165) is 16.9 Å². The first-order valence-electron chi connectivity index (χ1n) is 7.20. The van der Waals surface area contributed by atoms with Crippen LogP contribution in [0.15, 0.2) is 54.0 Å². The van der Waals surface area contributed by atoms with Gasteiger partial charge in [-0.25, -0.2) is 10.8 Å². The van der Waals surface area contributed by atoms with E-state index in [2.05, 4.69) is 19.6 Å². The molecule has 0 saturated carbocycles. The van der Waals surface area contributed by atoms with E-state index in [9.17, 15) is 4.79 Å². The van der Waals surface area contributed by atoms with Gasteiger partial charge in [0, 0.05) is 12.3 Å². The molecule has 0 unspecified atom stereocenters. The number of benzene rings is 1. The molecule has 1 amide bonds. The molecule has 27 heavy (non-hydrogen) atoms. The molecule has 0 radical (unpaired) electrons. The monoisotopic (exact) mass is 414 g/mol. The minimum Gasteiger partial charge on any atom is -0.495 e. The van der Waals surface area contributed by atoms with Crippen molar-refractivity contribution in [3.8, 4) is 11.4 Å². The normalized spacial score (nSPS) is 9.44. The molecule has 0 bridgehead atoms. The molecule has 0 atom stereocenters. The van der Waals surface area contributed by atoms with Crippen molar-refractivity contribution in [2.24, 2.45) is 5.84 Å². The highest BCUT2D eigenvalue weighted by atomic mass is 35.5. The summed E-state index contributed by atoms with van der Waals surface area (Å²) in [6.07, 6.45) is 9.18. The first kappa shape index (κ1) is 24.1. The van der Waals surface area contributed by atoms with Crippen LogP contribution in [0.1, 0.15) is 11.3 Å². The summed E-state index contributed by atoms with van der Waals surface area (Å²) in [5.41, 5.74) is 4.68. The number of rotatable bonds is 4. The summed E-state index contributed by atoms with van der Waals surface area (Å²) in [7, 11) is 1.60. The van der Waals surface area contributed by atoms with Gasteiger partial charge in [0.1, 0.15) is 5.75 Å². The summed E-state index contributed by atoms with van der Waals surface area (Å²) < 4.78 is 11.6. The zero-order valence-electron chi connectivity index (χ0n) is 14.6. The van der Waals surface area contributed by atoms with Gasteiger partial charge in [0.05, 0.1) is 24.8 Å². The fourth-order valence-electron chi connectivity index (χ4n) is 1.92. The zero-order chi connectivity index (χ0) is 18.1. The number of methoxy groups -OCH3 is 1. The molecule has 3 N–H and O–H groups in total. The second-order valence-corrected chi connectivity index (χ2v) is 4.77. The number of nitrogens with two attached hydrogens (primary N) is 1. The lowest BCUT2D eigenvalue weighted by Gasteiger charge is -2.09. The Morgan fingerprint density at radius 1 is 1.30 bits per heavy atom. The van der Waals surface area contributed by atoms with Crippen molar-refractivity contribution in [2.75, 3.05) is 7.11 Å². The van der Waals surface area contributed by atoms with Crippen molar-refractivity contribution in [1.29, 1.82) is 0 Å². The smallest absolute Gasteiger partial charge is 0.257 e. The number of hydrazine groups is 1. The summed E-state index contributed by atoms with van der Waals surface area (Å²) in [5, 5.41) is 6.61. The van der Waals surface area contributed by atoms with Crippen molar-refractivity contribution < 1.29 is 13.9 Å². The van der Waals surface area contributed by atoms with Crippen molar-refractivity contribution in [3.05, 3.63) is 60.8 Å². The first-order valence-corrected chi connectivity index (χ1v) is 7.20. The average molecular weight is 415 g/mol. The zero-order valence-corrected chi connectivity index (χ0v) is 16.2. The molecule has 2 aromatic heterocycles. The van der Waals surface area contributed by atoms with Gasteiger partial charge in [-0.2, -0.15) is 0 Å². The maximum absolute atomic E-state index is 11.1. The summed E-state index contributed by atoms with van der Waals surface area (Å²) in [6, 6.07) is 5.62. The molecule has 0 aliphatic carbocycles. The van der Waals surface area contributed by atoms with Gasteiger partial charge in [-0.15, -0.1) is 35.0 Å². The van der Waals surface area contributed by atoms with Gasteiger partial charge < -0.3 is 13.7 Å². The van der Waals surface area contributed by atoms with Gasteiger partial charge in [-0.1, -0.05) is 6.07 Å². The summed E-state index contributed by atoms with van der Waals surface area (Å²) >= 11 is 0. The number of aromatic nitrogens is 4. The van der Waals surface area contributed by atoms with Gasteiger partial charge in [0.25, 0.3) is 5.91 Å². The van der Waals surface area contributed by atoms with Crippen LogP contribution in [0, 0.1) is 6.92 Å². The van der Waals surface area contributed by atoms with Crippen LogP contribution in [0.5, 0.6) is 5.75 Å². The van der Waals surface area contributed by atoms with Crippen molar-refractivity contribution in [2.45, 2.75) is 6.92 Å². The molecule has 0 aliphatic rings. The van der Waals surface area contributed by atoms with E-state index in [4.69, 9.17) is 10.6 Å². The van der Waals surface area contributed by atoms with Gasteiger partial charge in [0.2, 0.25) is 12.8 Å². The SMILES string of the molecule is COc1cc(/C=C/C(=O)NN)ccc1-n1cnc(C)c1.Cl.Cl.c1nnco1. The fourth-order valence-corrected chi connectivity index (χ4v) is 1.92. The molecule has 11 heteroatoms. The van der Waals surface area contributed by atoms with Crippen LogP contribution >= 0.6 is 24.8 Å². The van der Waals surface area contributed by atoms with Crippen LogP contribution < -0.4 is 16.0 Å². The third-order valence-electron chi connectivity index (χ3n) is 3.05. The standard InChI is InChI=1S/C14H16N4O2.C2H2N2O.2ClH/c1-10-8-18(9-16-10)12-5-3-11(7-13(12)20-2)4-6-14(19)17-15;1-3-4-2-5-1;;/h3-9H,15H2,1-2H3,(H,17,19);1-2H;2*1H/b6-4+;;;. The number of carbonyl (C=O) groups excluding carboxylic acids is 1. The molecular weight excluding hydrogens is 395 g/mol. The highest BCUT2D eigenvalue weighted by Crippen LogP contribution is 2.25. The van der Waals surface area contributed by atoms with Crippen LogP contribution in [-0.2, 0) is 4.79 Å². The van der Waals surface area contributed by atoms with Gasteiger partial charge in [0.15, 0.2) is 0 Å². The maximum Gasteiger partial charge on any atom is 0.257 e. The Balaban J connectivity index is 0.000000839. The van der Waals surface area contributed by atoms with Crippen LogP contribution in [0.4, 0.5) is 0 Å². The number of ether oxygens (including phenoxy) is 1. The Bertz CT molecular complexity index is 819. The molecule has 146 valence electrons. The number of imidazole rings is 1. The maximum atomic E-state index is 11.1. The number of carbonyl (C=O) groups is 1. The van der Waals surface area contributed by atoms with E-state index in [1.54, 1.807) is 19.5 Å². The van der Waals surface area contributed by atoms with Gasteiger partial charge in [-0.05, 0) is 30.7 Å². The third kappa shape index (κ3) is 7.48. The lowest BCUT2D eigenvalue weighted by Crippen LogP contribution is -2.27. The minimum absolute atomic E-state index is 0. The topological polar surface area (TPSA) is 121 Å². The van der Waals surface area contributed by atoms with E-state index in [1.807, 2.05) is 41.3 Å². The average Bonchev–Trinajstić information content (AvgIpc) is 3.34. The second-order valence-electron chi connectivity index (χ2n) is 4.77. The molecule has 2 heterocycles. The molecule has 0 spiro atoms. The lowest BCUT2D eigenvalue weighted by atomic mass is 10.1. The van der Waals surface area contributed by atoms with Gasteiger partial charge in [-0.3, -0.25) is 10.2 Å². The Labute approximate surface area is 168 Å². The Hall–Kier alpha value is -2.88. The van der Waals surface area contributed by atoms with E-state index in [-0.39, 0.29) is 30.7 Å². The number of nitrogens with one attached hydrogen (secondary N) is 1. The predicted octanol–water partition coefficient (Wildman–Crippen LogP) is 2.11. The number of nitrogens with zero attached hydrogens (tertiary/aromatic N) is 4. The molecule has 9 nitrogen and oxygen atoms in total. The van der Waals surface area contributed by atoms with E-state index >= 15 is 0 Å². The number of aryl methyl sites for hydroxylation is 1. The Morgan fingerprint density at radius 2 is 2.00 bits per heavy atom. The Morgan fingerprint density at radius 3 is 2.48 bits per heavy atom. The van der Waals surface area contributed by atoms with Crippen LogP contribution in [0.25, 0.3) is 11.8 Å². The minimum atomic E-state index is -0.363. The van der Waals surface area contributed by atoms with Crippen LogP contribution in [-0.4, -0.2) is 32.8 Å².